The van der Waals surface area contributed by atoms with E-state index in [1.807, 2.05) is 54.6 Å². The second-order valence-corrected chi connectivity index (χ2v) is 5.57. The Morgan fingerprint density at radius 1 is 0.955 bits per heavy atom. The van der Waals surface area contributed by atoms with Crippen LogP contribution in [0.15, 0.2) is 67.3 Å². The van der Waals surface area contributed by atoms with Crippen LogP contribution in [0.1, 0.15) is 11.1 Å². The standard InChI is InChI=1S/C17H13Cl2N3/c18-15-8-6-14(7-9-15)17(19)16(10-22-12-20-11-21-22)13-4-2-1-3-5-13/h1-9,11-12H,10H2. The maximum absolute atomic E-state index is 6.65. The van der Waals surface area contributed by atoms with E-state index in [0.29, 0.717) is 16.6 Å². The van der Waals surface area contributed by atoms with Crippen LogP contribution in [-0.4, -0.2) is 14.8 Å². The number of benzene rings is 2. The Bertz CT molecular complexity index is 763. The van der Waals surface area contributed by atoms with Crippen molar-refractivity contribution in [3.8, 4) is 0 Å². The Labute approximate surface area is 138 Å². The van der Waals surface area contributed by atoms with E-state index in [9.17, 15) is 0 Å². The van der Waals surface area contributed by atoms with Crippen molar-refractivity contribution in [3.05, 3.63) is 83.4 Å². The van der Waals surface area contributed by atoms with E-state index in [0.717, 1.165) is 16.7 Å². The molecule has 5 heteroatoms. The molecule has 0 saturated heterocycles. The zero-order valence-corrected chi connectivity index (χ0v) is 13.2. The van der Waals surface area contributed by atoms with E-state index in [2.05, 4.69) is 10.1 Å². The molecule has 0 aliphatic carbocycles. The molecular weight excluding hydrogens is 317 g/mol. The fourth-order valence-corrected chi connectivity index (χ4v) is 2.59. The third kappa shape index (κ3) is 3.38. The Hall–Kier alpha value is -2.10. The summed E-state index contributed by atoms with van der Waals surface area (Å²) in [7, 11) is 0. The molecule has 0 bridgehead atoms. The lowest BCUT2D eigenvalue weighted by Crippen LogP contribution is -2.02. The fourth-order valence-electron chi connectivity index (χ4n) is 2.17. The summed E-state index contributed by atoms with van der Waals surface area (Å²) in [5, 5.41) is 5.53. The normalized spacial score (nSPS) is 12.1. The average molecular weight is 330 g/mol. The van der Waals surface area contributed by atoms with Gasteiger partial charge >= 0.3 is 0 Å². The van der Waals surface area contributed by atoms with Crippen LogP contribution in [0.3, 0.4) is 0 Å². The van der Waals surface area contributed by atoms with Gasteiger partial charge < -0.3 is 0 Å². The van der Waals surface area contributed by atoms with Crippen LogP contribution in [0.4, 0.5) is 0 Å². The number of aromatic nitrogens is 3. The van der Waals surface area contributed by atoms with E-state index in [4.69, 9.17) is 23.2 Å². The maximum Gasteiger partial charge on any atom is 0.137 e. The molecule has 3 nitrogen and oxygen atoms in total. The van der Waals surface area contributed by atoms with Crippen LogP contribution in [0.5, 0.6) is 0 Å². The number of rotatable bonds is 4. The van der Waals surface area contributed by atoms with Gasteiger partial charge in [-0.3, -0.25) is 0 Å². The number of hydrogen-bond acceptors (Lipinski definition) is 2. The molecule has 3 aromatic rings. The number of hydrogen-bond donors (Lipinski definition) is 0. The molecule has 2 aromatic carbocycles. The Balaban J connectivity index is 2.07. The molecular formula is C17H13Cl2N3. The topological polar surface area (TPSA) is 30.7 Å². The SMILES string of the molecule is ClC(=C(Cn1cncn1)c1ccccc1)c1ccc(Cl)cc1. The minimum Gasteiger partial charge on any atom is -0.248 e. The Morgan fingerprint density at radius 2 is 1.68 bits per heavy atom. The fraction of sp³-hybridized carbons (Fsp3) is 0.0588. The first-order valence-electron chi connectivity index (χ1n) is 6.76. The molecule has 0 saturated carbocycles. The summed E-state index contributed by atoms with van der Waals surface area (Å²) < 4.78 is 1.75. The van der Waals surface area contributed by atoms with Crippen LogP contribution < -0.4 is 0 Å². The summed E-state index contributed by atoms with van der Waals surface area (Å²) in [6, 6.07) is 17.5. The summed E-state index contributed by atoms with van der Waals surface area (Å²) in [6.45, 7) is 0.547. The monoisotopic (exact) mass is 329 g/mol. The molecule has 0 unspecified atom stereocenters. The number of allylic oxidation sites excluding steroid dienone is 1. The minimum atomic E-state index is 0.547. The van der Waals surface area contributed by atoms with Gasteiger partial charge in [-0.25, -0.2) is 9.67 Å². The minimum absolute atomic E-state index is 0.547. The van der Waals surface area contributed by atoms with Crippen molar-refractivity contribution in [1.29, 1.82) is 0 Å². The first kappa shape index (κ1) is 14.8. The van der Waals surface area contributed by atoms with Crippen molar-refractivity contribution in [3.63, 3.8) is 0 Å². The molecule has 0 aliphatic heterocycles. The lowest BCUT2D eigenvalue weighted by molar-refractivity contribution is 0.711. The summed E-state index contributed by atoms with van der Waals surface area (Å²) in [5.41, 5.74) is 2.96. The first-order valence-corrected chi connectivity index (χ1v) is 7.52. The van der Waals surface area contributed by atoms with Gasteiger partial charge in [0.25, 0.3) is 0 Å². The van der Waals surface area contributed by atoms with Gasteiger partial charge in [0.05, 0.1) is 11.6 Å². The Morgan fingerprint density at radius 3 is 2.32 bits per heavy atom. The van der Waals surface area contributed by atoms with Crippen molar-refractivity contribution in [2.75, 3.05) is 0 Å². The molecule has 0 amide bonds. The predicted molar refractivity (Wildman–Crippen MR) is 90.6 cm³/mol. The van der Waals surface area contributed by atoms with E-state index in [1.54, 1.807) is 11.0 Å². The summed E-state index contributed by atoms with van der Waals surface area (Å²) in [5.74, 6) is 0. The zero-order chi connectivity index (χ0) is 15.4. The summed E-state index contributed by atoms with van der Waals surface area (Å²) in [6.07, 6.45) is 3.19. The number of halogens is 2. The largest absolute Gasteiger partial charge is 0.248 e. The van der Waals surface area contributed by atoms with Crippen molar-refractivity contribution in [2.45, 2.75) is 6.54 Å². The molecule has 0 fully saturated rings. The highest BCUT2D eigenvalue weighted by molar-refractivity contribution is 6.52. The van der Waals surface area contributed by atoms with Crippen LogP contribution >= 0.6 is 23.2 Å². The molecule has 1 aromatic heterocycles. The van der Waals surface area contributed by atoms with Crippen molar-refractivity contribution >= 4 is 33.8 Å². The van der Waals surface area contributed by atoms with Crippen LogP contribution in [-0.2, 0) is 6.54 Å². The average Bonchev–Trinajstić information content (AvgIpc) is 3.07. The predicted octanol–water partition coefficient (Wildman–Crippen LogP) is 4.74. The second kappa shape index (κ2) is 6.77. The molecule has 110 valence electrons. The van der Waals surface area contributed by atoms with Crippen molar-refractivity contribution in [1.82, 2.24) is 14.8 Å². The van der Waals surface area contributed by atoms with Gasteiger partial charge in [-0.1, -0.05) is 65.7 Å². The van der Waals surface area contributed by atoms with Crippen LogP contribution in [0, 0.1) is 0 Å². The molecule has 0 aliphatic rings. The lowest BCUT2D eigenvalue weighted by Gasteiger charge is -2.12. The summed E-state index contributed by atoms with van der Waals surface area (Å²) >= 11 is 12.6. The van der Waals surface area contributed by atoms with Gasteiger partial charge in [-0.2, -0.15) is 5.10 Å². The molecule has 0 atom stereocenters. The summed E-state index contributed by atoms with van der Waals surface area (Å²) in [4.78, 5) is 3.98. The molecule has 1 heterocycles. The van der Waals surface area contributed by atoms with Gasteiger partial charge in [0.15, 0.2) is 0 Å². The van der Waals surface area contributed by atoms with E-state index in [-0.39, 0.29) is 0 Å². The maximum atomic E-state index is 6.65. The second-order valence-electron chi connectivity index (χ2n) is 4.76. The third-order valence-electron chi connectivity index (χ3n) is 3.27. The van der Waals surface area contributed by atoms with Gasteiger partial charge in [0.2, 0.25) is 0 Å². The van der Waals surface area contributed by atoms with Crippen molar-refractivity contribution in [2.24, 2.45) is 0 Å². The molecule has 3 rings (SSSR count). The number of nitrogens with zero attached hydrogens (tertiary/aromatic N) is 3. The van der Waals surface area contributed by atoms with Crippen LogP contribution in [0.25, 0.3) is 10.6 Å². The first-order chi connectivity index (χ1) is 10.7. The Kier molecular flexibility index (Phi) is 4.56. The van der Waals surface area contributed by atoms with Gasteiger partial charge in [-0.15, -0.1) is 0 Å². The van der Waals surface area contributed by atoms with Crippen LogP contribution in [0.2, 0.25) is 5.02 Å². The van der Waals surface area contributed by atoms with E-state index < -0.39 is 0 Å². The molecule has 22 heavy (non-hydrogen) atoms. The molecule has 0 spiro atoms. The van der Waals surface area contributed by atoms with Gasteiger partial charge in [0, 0.05) is 10.6 Å². The quantitative estimate of drug-likeness (QED) is 0.647. The highest BCUT2D eigenvalue weighted by Gasteiger charge is 2.11. The highest BCUT2D eigenvalue weighted by Crippen LogP contribution is 2.31. The molecule has 0 N–H and O–H groups in total. The molecule has 0 radical (unpaired) electrons. The smallest absolute Gasteiger partial charge is 0.137 e. The van der Waals surface area contributed by atoms with Gasteiger partial charge in [0.1, 0.15) is 12.7 Å². The highest BCUT2D eigenvalue weighted by atomic mass is 35.5. The zero-order valence-electron chi connectivity index (χ0n) is 11.7. The lowest BCUT2D eigenvalue weighted by atomic mass is 10.0. The van der Waals surface area contributed by atoms with E-state index in [1.165, 1.54) is 6.33 Å². The van der Waals surface area contributed by atoms with Gasteiger partial charge in [-0.05, 0) is 23.3 Å². The third-order valence-corrected chi connectivity index (χ3v) is 3.97. The van der Waals surface area contributed by atoms with E-state index >= 15 is 0 Å². The van der Waals surface area contributed by atoms with Crippen molar-refractivity contribution < 1.29 is 0 Å².